The predicted molar refractivity (Wildman–Crippen MR) is 121 cm³/mol. The molecular weight excluding hydrogens is 416 g/mol. The number of nitrogens with two attached hydrogens (primary N) is 1. The van der Waals surface area contributed by atoms with Crippen LogP contribution in [0.4, 0.5) is 11.5 Å². The molecule has 0 saturated carbocycles. The fourth-order valence-electron chi connectivity index (χ4n) is 4.83. The minimum Gasteiger partial charge on any atom is -0.463 e. The summed E-state index contributed by atoms with van der Waals surface area (Å²) in [6, 6.07) is 4.42. The van der Waals surface area contributed by atoms with E-state index in [1.54, 1.807) is 0 Å². The number of anilines is 2. The summed E-state index contributed by atoms with van der Waals surface area (Å²) < 4.78 is 5.40. The van der Waals surface area contributed by atoms with Crippen molar-refractivity contribution in [1.82, 2.24) is 15.0 Å². The predicted octanol–water partition coefficient (Wildman–Crippen LogP) is 1.69. The highest BCUT2D eigenvalue weighted by Gasteiger charge is 2.40. The normalized spacial score (nSPS) is 21.0. The van der Waals surface area contributed by atoms with Gasteiger partial charge in [-0.15, -0.1) is 12.4 Å². The molecule has 4 aliphatic heterocycles. The van der Waals surface area contributed by atoms with Crippen molar-refractivity contribution in [3.63, 3.8) is 0 Å². The minimum atomic E-state index is -0.156. The maximum absolute atomic E-state index is 5.72. The average Bonchev–Trinajstić information content (AvgIpc) is 3.37. The molecule has 6 heterocycles. The molecule has 0 radical (unpaired) electrons. The Morgan fingerprint density at radius 2 is 1.97 bits per heavy atom. The average molecular weight is 441 g/mol. The van der Waals surface area contributed by atoms with Crippen LogP contribution in [0.1, 0.15) is 36.3 Å². The van der Waals surface area contributed by atoms with Gasteiger partial charge in [0.2, 0.25) is 0 Å². The molecule has 4 aliphatic rings. The van der Waals surface area contributed by atoms with Gasteiger partial charge in [-0.2, -0.15) is 0 Å². The number of rotatable bonds is 1. The number of amidine groups is 2. The van der Waals surface area contributed by atoms with Crippen LogP contribution in [-0.4, -0.2) is 58.6 Å². The molecule has 0 amide bonds. The van der Waals surface area contributed by atoms with E-state index in [-0.39, 0.29) is 17.9 Å². The summed E-state index contributed by atoms with van der Waals surface area (Å²) in [4.78, 5) is 28.1. The smallest absolute Gasteiger partial charge is 0.282 e. The number of nitrogens with zero attached hydrogens (tertiary/aromatic N) is 7. The topological polar surface area (TPSA) is 105 Å². The second-order valence-corrected chi connectivity index (χ2v) is 8.34. The first-order valence-corrected chi connectivity index (χ1v) is 10.6. The van der Waals surface area contributed by atoms with Crippen LogP contribution in [0.25, 0.3) is 0 Å². The summed E-state index contributed by atoms with van der Waals surface area (Å²) in [7, 11) is 0. The molecule has 31 heavy (non-hydrogen) atoms. The number of hydrogen-bond acceptors (Lipinski definition) is 9. The van der Waals surface area contributed by atoms with E-state index < -0.39 is 0 Å². The lowest BCUT2D eigenvalue weighted by molar-refractivity contribution is 0.221. The zero-order chi connectivity index (χ0) is 20.1. The van der Waals surface area contributed by atoms with Gasteiger partial charge in [-0.25, -0.2) is 15.0 Å². The molecule has 0 aromatic carbocycles. The van der Waals surface area contributed by atoms with Crippen LogP contribution in [0.3, 0.4) is 0 Å². The molecular formula is C21H25ClN8O. The Hall–Kier alpha value is -2.94. The van der Waals surface area contributed by atoms with Gasteiger partial charge < -0.3 is 20.3 Å². The second-order valence-electron chi connectivity index (χ2n) is 8.34. The van der Waals surface area contributed by atoms with Gasteiger partial charge in [0.05, 0.1) is 29.8 Å². The first kappa shape index (κ1) is 20.0. The zero-order valence-corrected chi connectivity index (χ0v) is 18.0. The van der Waals surface area contributed by atoms with E-state index in [2.05, 4.69) is 25.8 Å². The van der Waals surface area contributed by atoms with Crippen molar-refractivity contribution in [3.05, 3.63) is 41.6 Å². The highest BCUT2D eigenvalue weighted by Crippen LogP contribution is 2.33. The maximum atomic E-state index is 5.72. The van der Waals surface area contributed by atoms with Crippen LogP contribution in [-0.2, 0) is 17.7 Å². The van der Waals surface area contributed by atoms with Crippen LogP contribution in [0.5, 0.6) is 0 Å². The van der Waals surface area contributed by atoms with E-state index in [1.165, 1.54) is 0 Å². The highest BCUT2D eigenvalue weighted by molar-refractivity contribution is 6.11. The number of aryl methyl sites for hydroxylation is 1. The van der Waals surface area contributed by atoms with Gasteiger partial charge in [0.15, 0.2) is 5.84 Å². The van der Waals surface area contributed by atoms with E-state index in [0.717, 1.165) is 79.7 Å². The number of fused-ring (bicyclic) bond motifs is 2. The number of pyridine rings is 1. The maximum Gasteiger partial charge on any atom is 0.282 e. The summed E-state index contributed by atoms with van der Waals surface area (Å²) >= 11 is 0. The van der Waals surface area contributed by atoms with Gasteiger partial charge in [0, 0.05) is 25.8 Å². The molecule has 2 aromatic heterocycles. The SMILES string of the molecule is Cl.NC1=NC2(CCN(c3cnc4c(n3)CN=C4N3CCCc4ncccc43)CC2)CO1. The lowest BCUT2D eigenvalue weighted by atomic mass is 9.89. The fourth-order valence-corrected chi connectivity index (χ4v) is 4.83. The Balaban J connectivity index is 0.00000204. The molecule has 1 fully saturated rings. The summed E-state index contributed by atoms with van der Waals surface area (Å²) in [5, 5.41) is 0. The van der Waals surface area contributed by atoms with E-state index in [4.69, 9.17) is 25.4 Å². The second kappa shape index (κ2) is 7.64. The first-order valence-electron chi connectivity index (χ1n) is 10.6. The van der Waals surface area contributed by atoms with Gasteiger partial charge >= 0.3 is 0 Å². The number of halogens is 1. The van der Waals surface area contributed by atoms with Crippen LogP contribution >= 0.6 is 12.4 Å². The number of hydrogen-bond donors (Lipinski definition) is 1. The van der Waals surface area contributed by atoms with Gasteiger partial charge in [-0.05, 0) is 37.8 Å². The summed E-state index contributed by atoms with van der Waals surface area (Å²) in [5.74, 6) is 1.83. The fraction of sp³-hybridized carbons (Fsp3) is 0.476. The molecule has 0 bridgehead atoms. The van der Waals surface area contributed by atoms with Crippen LogP contribution in [0, 0.1) is 0 Å². The largest absolute Gasteiger partial charge is 0.463 e. The van der Waals surface area contributed by atoms with E-state index in [0.29, 0.717) is 19.2 Å². The zero-order valence-electron chi connectivity index (χ0n) is 17.2. The molecule has 9 nitrogen and oxygen atoms in total. The molecule has 2 N–H and O–H groups in total. The molecule has 0 aliphatic carbocycles. The third-order valence-corrected chi connectivity index (χ3v) is 6.48. The third kappa shape index (κ3) is 3.37. The summed E-state index contributed by atoms with van der Waals surface area (Å²) in [5.41, 5.74) is 9.68. The molecule has 0 atom stereocenters. The highest BCUT2D eigenvalue weighted by atomic mass is 35.5. The van der Waals surface area contributed by atoms with Crippen LogP contribution < -0.4 is 15.5 Å². The standard InChI is InChI=1S/C21H24N8O.ClH/c22-20-27-21(13-30-20)5-9-28(10-6-21)17-12-24-18-15(26-17)11-25-19(18)29-8-2-3-14-16(29)4-1-7-23-14;/h1,4,7,12H,2-3,5-6,8-11,13H2,(H2,22,27);1H. The molecule has 162 valence electrons. The van der Waals surface area contributed by atoms with Crippen molar-refractivity contribution >= 4 is 35.8 Å². The van der Waals surface area contributed by atoms with E-state index in [1.807, 2.05) is 18.5 Å². The molecule has 1 spiro atoms. The van der Waals surface area contributed by atoms with E-state index >= 15 is 0 Å². The van der Waals surface area contributed by atoms with Crippen molar-refractivity contribution in [3.8, 4) is 0 Å². The number of aliphatic imine (C=N–C) groups is 2. The number of aromatic nitrogens is 3. The van der Waals surface area contributed by atoms with Crippen molar-refractivity contribution in [2.75, 3.05) is 36.0 Å². The van der Waals surface area contributed by atoms with Crippen molar-refractivity contribution in [2.24, 2.45) is 15.7 Å². The lowest BCUT2D eigenvalue weighted by Gasteiger charge is -2.36. The van der Waals surface area contributed by atoms with Crippen LogP contribution in [0.15, 0.2) is 34.5 Å². The lowest BCUT2D eigenvalue weighted by Crippen LogP contribution is -2.44. The van der Waals surface area contributed by atoms with Crippen molar-refractivity contribution < 1.29 is 4.74 Å². The number of piperidine rings is 1. The molecule has 10 heteroatoms. The van der Waals surface area contributed by atoms with E-state index in [9.17, 15) is 0 Å². The van der Waals surface area contributed by atoms with Crippen LogP contribution in [0.2, 0.25) is 0 Å². The Morgan fingerprint density at radius 3 is 2.77 bits per heavy atom. The molecule has 0 unspecified atom stereocenters. The minimum absolute atomic E-state index is 0. The third-order valence-electron chi connectivity index (χ3n) is 6.48. The van der Waals surface area contributed by atoms with Gasteiger partial charge in [-0.3, -0.25) is 9.98 Å². The van der Waals surface area contributed by atoms with Gasteiger partial charge in [0.25, 0.3) is 6.02 Å². The molecule has 6 rings (SSSR count). The first-order chi connectivity index (χ1) is 14.7. The van der Waals surface area contributed by atoms with Gasteiger partial charge in [0.1, 0.15) is 23.7 Å². The van der Waals surface area contributed by atoms with Crippen molar-refractivity contribution in [2.45, 2.75) is 37.8 Å². The summed E-state index contributed by atoms with van der Waals surface area (Å²) in [6.07, 6.45) is 7.63. The van der Waals surface area contributed by atoms with Crippen molar-refractivity contribution in [1.29, 1.82) is 0 Å². The quantitative estimate of drug-likeness (QED) is 0.719. The summed E-state index contributed by atoms with van der Waals surface area (Å²) in [6.45, 7) is 3.83. The Labute approximate surface area is 186 Å². The van der Waals surface area contributed by atoms with Gasteiger partial charge in [-0.1, -0.05) is 0 Å². The molecule has 2 aromatic rings. The monoisotopic (exact) mass is 440 g/mol. The Kier molecular flexibility index (Phi) is 4.92. The number of ether oxygens (including phenoxy) is 1. The Morgan fingerprint density at radius 1 is 1.10 bits per heavy atom. The molecule has 1 saturated heterocycles. The Bertz CT molecular complexity index is 1060.